The largest absolute Gasteiger partial charge is 0.370 e. The molecule has 2 aromatic carbocycles. The number of amides is 2. The van der Waals surface area contributed by atoms with Crippen molar-refractivity contribution in [1.29, 1.82) is 0 Å². The Morgan fingerprint density at radius 3 is 2.59 bits per heavy atom. The summed E-state index contributed by atoms with van der Waals surface area (Å²) in [5.74, 6) is -3.54. The van der Waals surface area contributed by atoms with Gasteiger partial charge in [-0.1, -0.05) is 41.9 Å². The van der Waals surface area contributed by atoms with Crippen LogP contribution in [0.2, 0.25) is 5.02 Å². The van der Waals surface area contributed by atoms with E-state index >= 15 is 0 Å². The van der Waals surface area contributed by atoms with Crippen LogP contribution in [0.25, 0.3) is 10.9 Å². The van der Waals surface area contributed by atoms with Gasteiger partial charge in [0, 0.05) is 35.3 Å². The topological polar surface area (TPSA) is 126 Å². The number of aromatic nitrogens is 1. The van der Waals surface area contributed by atoms with Crippen molar-refractivity contribution in [2.24, 2.45) is 0 Å². The maximum Gasteiger partial charge on any atom is 0.269 e. The lowest BCUT2D eigenvalue weighted by atomic mass is 9.98. The zero-order valence-corrected chi connectivity index (χ0v) is 18.0. The number of aromatic amines is 1. The molecule has 1 aliphatic rings. The number of hydrogen-bond donors (Lipinski definition) is 5. The van der Waals surface area contributed by atoms with Gasteiger partial charge in [-0.15, -0.1) is 0 Å². The van der Waals surface area contributed by atoms with Crippen LogP contribution in [-0.2, 0) is 11.2 Å². The minimum atomic E-state index is -2.26. The van der Waals surface area contributed by atoms with Gasteiger partial charge in [0.2, 0.25) is 11.8 Å². The van der Waals surface area contributed by atoms with Crippen LogP contribution in [0.1, 0.15) is 35.3 Å². The van der Waals surface area contributed by atoms with Crippen molar-refractivity contribution in [2.75, 3.05) is 6.54 Å². The van der Waals surface area contributed by atoms with Gasteiger partial charge >= 0.3 is 0 Å². The van der Waals surface area contributed by atoms with E-state index in [-0.39, 0.29) is 25.1 Å². The third kappa shape index (κ3) is 4.78. The summed E-state index contributed by atoms with van der Waals surface area (Å²) >= 11 is 6.01. The normalized spacial score (nSPS) is 17.3. The molecular formula is C23H24ClN3O5. The highest BCUT2D eigenvalue weighted by Gasteiger charge is 2.43. The highest BCUT2D eigenvalue weighted by atomic mass is 35.5. The van der Waals surface area contributed by atoms with Crippen LogP contribution in [0.4, 0.5) is 0 Å². The molecule has 2 amide bonds. The van der Waals surface area contributed by atoms with E-state index in [1.807, 2.05) is 6.07 Å². The fourth-order valence-electron chi connectivity index (χ4n) is 4.05. The molecule has 1 aromatic heterocycles. The Labute approximate surface area is 189 Å². The van der Waals surface area contributed by atoms with E-state index in [0.717, 1.165) is 10.3 Å². The molecule has 1 fully saturated rings. The summed E-state index contributed by atoms with van der Waals surface area (Å²) in [5, 5.41) is 35.2. The average molecular weight is 458 g/mol. The molecule has 32 heavy (non-hydrogen) atoms. The van der Waals surface area contributed by atoms with Gasteiger partial charge < -0.3 is 25.6 Å². The third-order valence-electron chi connectivity index (χ3n) is 5.58. The Morgan fingerprint density at radius 2 is 1.91 bits per heavy atom. The molecule has 168 valence electrons. The van der Waals surface area contributed by atoms with Crippen molar-refractivity contribution in [1.82, 2.24) is 15.2 Å². The Bertz CT molecular complexity index is 1150. The first-order valence-electron chi connectivity index (χ1n) is 10.3. The van der Waals surface area contributed by atoms with Crippen LogP contribution in [0.3, 0.4) is 0 Å². The summed E-state index contributed by atoms with van der Waals surface area (Å²) in [4.78, 5) is 29.7. The minimum absolute atomic E-state index is 0.0276. The van der Waals surface area contributed by atoms with E-state index in [4.69, 9.17) is 11.6 Å². The highest BCUT2D eigenvalue weighted by Crippen LogP contribution is 2.27. The number of aliphatic hydroxyl groups is 3. The maximum absolute atomic E-state index is 13.0. The number of rotatable bonds is 6. The van der Waals surface area contributed by atoms with E-state index in [1.54, 1.807) is 48.5 Å². The second-order valence-corrected chi connectivity index (χ2v) is 8.60. The second-order valence-electron chi connectivity index (χ2n) is 8.16. The van der Waals surface area contributed by atoms with Crippen molar-refractivity contribution in [3.63, 3.8) is 0 Å². The van der Waals surface area contributed by atoms with Gasteiger partial charge in [0.1, 0.15) is 5.69 Å². The predicted molar refractivity (Wildman–Crippen MR) is 119 cm³/mol. The lowest BCUT2D eigenvalue weighted by molar-refractivity contribution is -0.241. The van der Waals surface area contributed by atoms with Crippen LogP contribution in [-0.4, -0.2) is 55.2 Å². The van der Waals surface area contributed by atoms with Crippen LogP contribution in [0.5, 0.6) is 0 Å². The van der Waals surface area contributed by atoms with Gasteiger partial charge in [0.05, 0.1) is 6.42 Å². The number of benzene rings is 2. The summed E-state index contributed by atoms with van der Waals surface area (Å²) in [6.07, 6.45) is -0.114. The predicted octanol–water partition coefficient (Wildman–Crippen LogP) is 2.13. The lowest BCUT2D eigenvalue weighted by Crippen LogP contribution is -2.55. The summed E-state index contributed by atoms with van der Waals surface area (Å²) in [5.41, 5.74) is -0.360. The van der Waals surface area contributed by atoms with Crippen molar-refractivity contribution in [3.8, 4) is 0 Å². The number of fused-ring (bicyclic) bond motifs is 1. The molecule has 1 aliphatic heterocycles. The lowest BCUT2D eigenvalue weighted by Gasteiger charge is -2.33. The fourth-order valence-corrected chi connectivity index (χ4v) is 4.23. The molecule has 1 atom stereocenters. The molecule has 4 rings (SSSR count). The first-order chi connectivity index (χ1) is 15.2. The van der Waals surface area contributed by atoms with Gasteiger partial charge in [-0.2, -0.15) is 0 Å². The van der Waals surface area contributed by atoms with Crippen LogP contribution in [0.15, 0.2) is 54.6 Å². The summed E-state index contributed by atoms with van der Waals surface area (Å²) in [7, 11) is 0. The van der Waals surface area contributed by atoms with Crippen molar-refractivity contribution in [3.05, 3.63) is 70.9 Å². The van der Waals surface area contributed by atoms with Gasteiger partial charge in [-0.3, -0.25) is 14.5 Å². The van der Waals surface area contributed by atoms with Crippen LogP contribution in [0, 0.1) is 0 Å². The van der Waals surface area contributed by atoms with Crippen molar-refractivity contribution in [2.45, 2.75) is 37.3 Å². The number of hydrogen-bond acceptors (Lipinski definition) is 5. The van der Waals surface area contributed by atoms with E-state index in [1.165, 1.54) is 0 Å². The molecule has 5 N–H and O–H groups in total. The number of likely N-dealkylation sites (tertiary alicyclic amines) is 1. The molecule has 0 aliphatic carbocycles. The van der Waals surface area contributed by atoms with Crippen LogP contribution < -0.4 is 5.32 Å². The number of carbonyl (C=O) groups excluding carboxylic acids is 2. The van der Waals surface area contributed by atoms with Gasteiger partial charge in [0.15, 0.2) is 5.72 Å². The maximum atomic E-state index is 13.0. The number of nitrogens with zero attached hydrogens (tertiary/aromatic N) is 1. The first-order valence-corrected chi connectivity index (χ1v) is 10.7. The Morgan fingerprint density at radius 1 is 1.16 bits per heavy atom. The van der Waals surface area contributed by atoms with E-state index in [9.17, 15) is 24.9 Å². The molecule has 1 saturated heterocycles. The van der Waals surface area contributed by atoms with Gasteiger partial charge in [-0.05, 0) is 36.2 Å². The molecular weight excluding hydrogens is 434 g/mol. The minimum Gasteiger partial charge on any atom is -0.370 e. The summed E-state index contributed by atoms with van der Waals surface area (Å²) < 4.78 is 0. The quantitative estimate of drug-likeness (QED) is 0.362. The molecule has 2 heterocycles. The van der Waals surface area contributed by atoms with E-state index < -0.39 is 29.9 Å². The van der Waals surface area contributed by atoms with Gasteiger partial charge in [-0.25, -0.2) is 0 Å². The zero-order chi connectivity index (χ0) is 22.9. The molecule has 1 unspecified atom stereocenters. The standard InChI is InChI=1S/C23H24ClN3O5/c24-17-7-8-18-16(11-17)12-19(25-18)21(29)26-22(30,13-15-5-2-1-3-6-15)14-20(28)27-10-4-9-23(27,31)32/h1-3,5-8,11-12,25,30-32H,4,9-10,13-14H2,(H,26,29). The second kappa shape index (κ2) is 8.55. The third-order valence-corrected chi connectivity index (χ3v) is 5.82. The Balaban J connectivity index is 1.59. The Kier molecular flexibility index (Phi) is 5.96. The van der Waals surface area contributed by atoms with E-state index in [2.05, 4.69) is 10.3 Å². The molecule has 0 spiro atoms. The molecule has 0 radical (unpaired) electrons. The summed E-state index contributed by atoms with van der Waals surface area (Å²) in [6, 6.07) is 15.7. The zero-order valence-electron chi connectivity index (χ0n) is 17.2. The Hall–Kier alpha value is -2.91. The first kappa shape index (κ1) is 22.3. The highest BCUT2D eigenvalue weighted by molar-refractivity contribution is 6.31. The molecule has 0 bridgehead atoms. The molecule has 3 aromatic rings. The van der Waals surface area contributed by atoms with Crippen molar-refractivity contribution >= 4 is 34.3 Å². The fraction of sp³-hybridized carbons (Fsp3) is 0.304. The van der Waals surface area contributed by atoms with Gasteiger partial charge in [0.25, 0.3) is 5.91 Å². The summed E-state index contributed by atoms with van der Waals surface area (Å²) in [6.45, 7) is 0.157. The monoisotopic (exact) mass is 457 g/mol. The SMILES string of the molecule is O=C(NC(O)(CC(=O)N1CCCC1(O)O)Cc1ccccc1)c1cc2cc(Cl)ccc2[nH]1. The molecule has 0 saturated carbocycles. The number of H-pyrrole nitrogens is 1. The smallest absolute Gasteiger partial charge is 0.269 e. The van der Waals surface area contributed by atoms with Crippen LogP contribution >= 0.6 is 11.6 Å². The number of halogens is 1. The van der Waals surface area contributed by atoms with E-state index in [0.29, 0.717) is 22.5 Å². The van der Waals surface area contributed by atoms with Crippen molar-refractivity contribution < 1.29 is 24.9 Å². The number of nitrogens with one attached hydrogen (secondary N) is 2. The number of carbonyl (C=O) groups is 2. The molecule has 9 heteroatoms. The average Bonchev–Trinajstić information content (AvgIpc) is 3.30. The molecule has 8 nitrogen and oxygen atoms in total.